The third-order valence-corrected chi connectivity index (χ3v) is 4.98. The largest absolute Gasteiger partial charge is 0.478 e. The van der Waals surface area contributed by atoms with E-state index in [0.717, 1.165) is 23.1 Å². The number of pyridine rings is 1. The molecule has 4 rings (SSSR count). The fourth-order valence-electron chi connectivity index (χ4n) is 3.40. The van der Waals surface area contributed by atoms with Crippen molar-refractivity contribution in [2.45, 2.75) is 6.54 Å². The summed E-state index contributed by atoms with van der Waals surface area (Å²) in [6, 6.07) is 10.6. The number of carboxylic acid groups (broad SMARTS) is 2. The molecule has 3 amide bonds. The number of rotatable bonds is 6. The Morgan fingerprint density at radius 3 is 2.12 bits per heavy atom. The average molecular weight is 445 g/mol. The summed E-state index contributed by atoms with van der Waals surface area (Å²) in [7, 11) is 0. The van der Waals surface area contributed by atoms with Crippen molar-refractivity contribution < 1.29 is 34.2 Å². The van der Waals surface area contributed by atoms with Crippen LogP contribution in [0.2, 0.25) is 0 Å². The van der Waals surface area contributed by atoms with E-state index in [4.69, 9.17) is 0 Å². The molecule has 1 aliphatic rings. The van der Waals surface area contributed by atoms with Crippen molar-refractivity contribution in [2.24, 2.45) is 0 Å². The van der Waals surface area contributed by atoms with E-state index in [9.17, 15) is 34.2 Å². The number of aromatic nitrogens is 1. The van der Waals surface area contributed by atoms with Gasteiger partial charge >= 0.3 is 11.9 Å². The predicted molar refractivity (Wildman–Crippen MR) is 113 cm³/mol. The molecule has 164 valence electrons. The summed E-state index contributed by atoms with van der Waals surface area (Å²) in [6.07, 6.45) is 3.11. The summed E-state index contributed by atoms with van der Waals surface area (Å²) in [5, 5.41) is 20.8. The molecule has 10 heteroatoms. The highest BCUT2D eigenvalue weighted by Gasteiger charge is 2.36. The van der Waals surface area contributed by atoms with Crippen LogP contribution in [-0.4, -0.2) is 49.8 Å². The molecule has 0 bridgehead atoms. The third-order valence-electron chi connectivity index (χ3n) is 4.98. The Morgan fingerprint density at radius 2 is 1.52 bits per heavy atom. The van der Waals surface area contributed by atoms with Crippen LogP contribution in [-0.2, 0) is 6.54 Å². The molecule has 33 heavy (non-hydrogen) atoms. The molecule has 2 heterocycles. The molecule has 0 saturated carbocycles. The number of carboxylic acids is 2. The van der Waals surface area contributed by atoms with Gasteiger partial charge in [0.05, 0.1) is 28.8 Å². The zero-order valence-corrected chi connectivity index (χ0v) is 16.8. The Hall–Kier alpha value is -4.86. The molecule has 0 spiro atoms. The number of anilines is 1. The van der Waals surface area contributed by atoms with Gasteiger partial charge in [-0.15, -0.1) is 0 Å². The van der Waals surface area contributed by atoms with Crippen molar-refractivity contribution in [1.29, 1.82) is 0 Å². The average Bonchev–Trinajstić information content (AvgIpc) is 3.03. The normalized spacial score (nSPS) is 12.4. The second-order valence-corrected chi connectivity index (χ2v) is 7.18. The van der Waals surface area contributed by atoms with Gasteiger partial charge in [-0.25, -0.2) is 9.59 Å². The number of carbonyl (C=O) groups is 5. The van der Waals surface area contributed by atoms with E-state index in [1.165, 1.54) is 18.2 Å². The number of nitrogens with zero attached hydrogens (tertiary/aromatic N) is 2. The molecule has 1 aliphatic heterocycles. The molecule has 0 atom stereocenters. The van der Waals surface area contributed by atoms with Crippen LogP contribution in [0.15, 0.2) is 60.9 Å². The Balaban J connectivity index is 1.59. The summed E-state index contributed by atoms with van der Waals surface area (Å²) in [5.41, 5.74) is 0.243. The molecule has 0 radical (unpaired) electrons. The van der Waals surface area contributed by atoms with Gasteiger partial charge in [0.1, 0.15) is 0 Å². The van der Waals surface area contributed by atoms with E-state index < -0.39 is 29.7 Å². The fourth-order valence-corrected chi connectivity index (χ4v) is 3.40. The van der Waals surface area contributed by atoms with E-state index in [2.05, 4.69) is 10.3 Å². The molecule has 0 fully saturated rings. The molecular formula is C23H15N3O7. The Bertz CT molecular complexity index is 1300. The molecule has 0 unspecified atom stereocenters. The second-order valence-electron chi connectivity index (χ2n) is 7.18. The topological polar surface area (TPSA) is 154 Å². The molecule has 1 aromatic heterocycles. The highest BCUT2D eigenvalue weighted by atomic mass is 16.4. The van der Waals surface area contributed by atoms with Gasteiger partial charge in [0.2, 0.25) is 0 Å². The van der Waals surface area contributed by atoms with E-state index in [1.54, 1.807) is 24.5 Å². The van der Waals surface area contributed by atoms with Gasteiger partial charge in [-0.2, -0.15) is 0 Å². The number of carbonyl (C=O) groups excluding carboxylic acids is 3. The van der Waals surface area contributed by atoms with Crippen molar-refractivity contribution in [2.75, 3.05) is 5.32 Å². The van der Waals surface area contributed by atoms with Crippen LogP contribution in [0.4, 0.5) is 5.69 Å². The number of nitrogens with one attached hydrogen (secondary N) is 1. The van der Waals surface area contributed by atoms with Crippen LogP contribution >= 0.6 is 0 Å². The van der Waals surface area contributed by atoms with E-state index in [-0.39, 0.29) is 40.0 Å². The van der Waals surface area contributed by atoms with Crippen molar-refractivity contribution in [3.8, 4) is 0 Å². The van der Waals surface area contributed by atoms with Crippen molar-refractivity contribution in [3.63, 3.8) is 0 Å². The van der Waals surface area contributed by atoms with Gasteiger partial charge in [0, 0.05) is 23.6 Å². The van der Waals surface area contributed by atoms with Crippen LogP contribution in [0.25, 0.3) is 0 Å². The van der Waals surface area contributed by atoms with Crippen LogP contribution in [0.5, 0.6) is 0 Å². The van der Waals surface area contributed by atoms with Crippen molar-refractivity contribution >= 4 is 35.3 Å². The number of amides is 3. The van der Waals surface area contributed by atoms with E-state index in [0.29, 0.717) is 5.56 Å². The lowest BCUT2D eigenvalue weighted by Crippen LogP contribution is -2.29. The molecule has 10 nitrogen and oxygen atoms in total. The molecule has 0 saturated heterocycles. The molecule has 0 aliphatic carbocycles. The standard InChI is InChI=1S/C23H15N3O7/c27-19(25-16-7-14(22(30)31)6-15(8-16)23(32)33)13-3-4-17-18(9-13)21(29)26(20(17)28)11-12-2-1-5-24-10-12/h1-10H,11H2,(H,25,27)(H,30,31)(H,32,33). The number of hydrogen-bond acceptors (Lipinski definition) is 6. The minimum atomic E-state index is -1.36. The highest BCUT2D eigenvalue weighted by Crippen LogP contribution is 2.26. The van der Waals surface area contributed by atoms with Crippen LogP contribution in [0.3, 0.4) is 0 Å². The molecule has 3 N–H and O–H groups in total. The van der Waals surface area contributed by atoms with Crippen LogP contribution < -0.4 is 5.32 Å². The summed E-state index contributed by atoms with van der Waals surface area (Å²) >= 11 is 0. The molecular weight excluding hydrogens is 430 g/mol. The Kier molecular flexibility index (Phi) is 5.41. The monoisotopic (exact) mass is 445 g/mol. The Labute approximate surface area is 186 Å². The number of fused-ring (bicyclic) bond motifs is 1. The quantitative estimate of drug-likeness (QED) is 0.489. The van der Waals surface area contributed by atoms with Gasteiger partial charge < -0.3 is 15.5 Å². The van der Waals surface area contributed by atoms with Gasteiger partial charge in [-0.1, -0.05) is 6.07 Å². The maximum absolute atomic E-state index is 12.8. The Morgan fingerprint density at radius 1 is 0.848 bits per heavy atom. The zero-order chi connectivity index (χ0) is 23.7. The fraction of sp³-hybridized carbons (Fsp3) is 0.0435. The number of imide groups is 1. The SMILES string of the molecule is O=C(O)c1cc(NC(=O)c2ccc3c(c2)C(=O)N(Cc2cccnc2)C3=O)cc(C(=O)O)c1. The lowest BCUT2D eigenvalue weighted by Gasteiger charge is -2.13. The van der Waals surface area contributed by atoms with E-state index in [1.807, 2.05) is 0 Å². The molecule has 2 aromatic carbocycles. The summed E-state index contributed by atoms with van der Waals surface area (Å²) in [4.78, 5) is 65.7. The summed E-state index contributed by atoms with van der Waals surface area (Å²) in [5.74, 6) is -4.48. The predicted octanol–water partition coefficient (Wildman–Crippen LogP) is 2.53. The van der Waals surface area contributed by atoms with Crippen LogP contribution in [0, 0.1) is 0 Å². The first kappa shape index (κ1) is 21.4. The first-order valence-electron chi connectivity index (χ1n) is 9.57. The van der Waals surface area contributed by atoms with Crippen LogP contribution in [0.1, 0.15) is 57.4 Å². The lowest BCUT2D eigenvalue weighted by atomic mass is 10.0. The van der Waals surface area contributed by atoms with Gasteiger partial charge in [-0.05, 0) is 48.0 Å². The minimum Gasteiger partial charge on any atom is -0.478 e. The first-order valence-corrected chi connectivity index (χ1v) is 9.57. The van der Waals surface area contributed by atoms with Gasteiger partial charge in [0.15, 0.2) is 0 Å². The summed E-state index contributed by atoms with van der Waals surface area (Å²) in [6.45, 7) is 0.0294. The second kappa shape index (κ2) is 8.35. The number of benzene rings is 2. The van der Waals surface area contributed by atoms with E-state index >= 15 is 0 Å². The summed E-state index contributed by atoms with van der Waals surface area (Å²) < 4.78 is 0. The maximum atomic E-state index is 12.8. The minimum absolute atomic E-state index is 0.0294. The first-order chi connectivity index (χ1) is 15.7. The smallest absolute Gasteiger partial charge is 0.335 e. The van der Waals surface area contributed by atoms with Crippen molar-refractivity contribution in [1.82, 2.24) is 9.88 Å². The third kappa shape index (κ3) is 4.17. The van der Waals surface area contributed by atoms with Gasteiger partial charge in [-0.3, -0.25) is 24.3 Å². The maximum Gasteiger partial charge on any atom is 0.335 e. The number of aromatic carboxylic acids is 2. The molecule has 3 aromatic rings. The van der Waals surface area contributed by atoms with Gasteiger partial charge in [0.25, 0.3) is 17.7 Å². The van der Waals surface area contributed by atoms with Crippen molar-refractivity contribution in [3.05, 3.63) is 94.3 Å². The lowest BCUT2D eigenvalue weighted by molar-refractivity contribution is 0.0637. The highest BCUT2D eigenvalue weighted by molar-refractivity contribution is 6.22. The zero-order valence-electron chi connectivity index (χ0n) is 16.8. The number of hydrogen-bond donors (Lipinski definition) is 3.